The van der Waals surface area contributed by atoms with E-state index in [2.05, 4.69) is 11.9 Å². The highest BCUT2D eigenvalue weighted by molar-refractivity contribution is 5.90. The van der Waals surface area contributed by atoms with E-state index in [1.54, 1.807) is 0 Å². The van der Waals surface area contributed by atoms with Crippen molar-refractivity contribution in [3.05, 3.63) is 22.5 Å². The summed E-state index contributed by atoms with van der Waals surface area (Å²) < 4.78 is 5.35. The molecule has 1 aromatic heterocycles. The number of carbonyl (C=O) groups is 1. The lowest BCUT2D eigenvalue weighted by molar-refractivity contribution is 0.00626. The van der Waals surface area contributed by atoms with Gasteiger partial charge in [0.05, 0.1) is 0 Å². The number of esters is 1. The number of rotatable bonds is 2. The molecule has 0 bridgehead atoms. The lowest BCUT2D eigenvalue weighted by Gasteiger charge is -2.19. The third kappa shape index (κ3) is 2.65. The summed E-state index contributed by atoms with van der Waals surface area (Å²) in [6, 6.07) is 0. The van der Waals surface area contributed by atoms with Crippen LogP contribution in [-0.4, -0.2) is 16.6 Å². The fourth-order valence-electron chi connectivity index (χ4n) is 1.85. The Morgan fingerprint density at radius 1 is 1.31 bits per heavy atom. The fourth-order valence-corrected chi connectivity index (χ4v) is 1.85. The van der Waals surface area contributed by atoms with Crippen molar-refractivity contribution in [1.82, 2.24) is 4.98 Å². The Morgan fingerprint density at radius 3 is 2.25 bits per heavy atom. The van der Waals surface area contributed by atoms with Crippen LogP contribution in [0.25, 0.3) is 0 Å². The monoisotopic (exact) mass is 223 g/mol. The van der Waals surface area contributed by atoms with Crippen LogP contribution in [-0.2, 0) is 11.2 Å². The first-order chi connectivity index (χ1) is 7.26. The molecule has 1 heterocycles. The van der Waals surface area contributed by atoms with Gasteiger partial charge in [-0.3, -0.25) is 0 Å². The highest BCUT2D eigenvalue weighted by Gasteiger charge is 2.22. The number of aromatic nitrogens is 1. The molecular formula is C13H21NO2. The van der Waals surface area contributed by atoms with Gasteiger partial charge < -0.3 is 9.72 Å². The molecule has 0 saturated heterocycles. The second-order valence-corrected chi connectivity index (χ2v) is 5.08. The van der Waals surface area contributed by atoms with Gasteiger partial charge in [0.15, 0.2) is 0 Å². The first-order valence-corrected chi connectivity index (χ1v) is 5.67. The lowest BCUT2D eigenvalue weighted by atomic mass is 10.1. The van der Waals surface area contributed by atoms with Crippen LogP contribution in [0.15, 0.2) is 0 Å². The van der Waals surface area contributed by atoms with E-state index >= 15 is 0 Å². The van der Waals surface area contributed by atoms with E-state index in [0.29, 0.717) is 5.69 Å². The normalized spacial score (nSPS) is 11.6. The number of aryl methyl sites for hydroxylation is 1. The van der Waals surface area contributed by atoms with E-state index in [0.717, 1.165) is 17.7 Å². The van der Waals surface area contributed by atoms with E-state index in [1.807, 2.05) is 34.6 Å². The molecule has 1 N–H and O–H groups in total. The molecule has 1 rings (SSSR count). The van der Waals surface area contributed by atoms with E-state index in [1.165, 1.54) is 5.56 Å². The van der Waals surface area contributed by atoms with Crippen LogP contribution in [0.3, 0.4) is 0 Å². The highest BCUT2D eigenvalue weighted by atomic mass is 16.6. The quantitative estimate of drug-likeness (QED) is 0.782. The van der Waals surface area contributed by atoms with E-state index in [-0.39, 0.29) is 5.97 Å². The van der Waals surface area contributed by atoms with Crippen molar-refractivity contribution < 1.29 is 9.53 Å². The minimum atomic E-state index is -0.449. The summed E-state index contributed by atoms with van der Waals surface area (Å²) in [6.45, 7) is 11.6. The smallest absolute Gasteiger partial charge is 0.355 e. The van der Waals surface area contributed by atoms with E-state index in [4.69, 9.17) is 4.74 Å². The summed E-state index contributed by atoms with van der Waals surface area (Å²) >= 11 is 0. The molecule has 0 aliphatic heterocycles. The average Bonchev–Trinajstić information content (AvgIpc) is 2.38. The van der Waals surface area contributed by atoms with Crippen LogP contribution in [0.1, 0.15) is 55.0 Å². The van der Waals surface area contributed by atoms with Crippen molar-refractivity contribution in [2.24, 2.45) is 0 Å². The van der Waals surface area contributed by atoms with Crippen molar-refractivity contribution in [1.29, 1.82) is 0 Å². The minimum Gasteiger partial charge on any atom is -0.455 e. The van der Waals surface area contributed by atoms with Crippen molar-refractivity contribution >= 4 is 5.97 Å². The number of aromatic amines is 1. The van der Waals surface area contributed by atoms with Gasteiger partial charge in [0.25, 0.3) is 0 Å². The molecule has 0 unspecified atom stereocenters. The van der Waals surface area contributed by atoms with Gasteiger partial charge in [0.2, 0.25) is 0 Å². The Hall–Kier alpha value is -1.25. The number of hydrogen-bond donors (Lipinski definition) is 1. The first kappa shape index (κ1) is 12.8. The largest absolute Gasteiger partial charge is 0.455 e. The van der Waals surface area contributed by atoms with Gasteiger partial charge >= 0.3 is 5.97 Å². The molecule has 0 atom stereocenters. The Morgan fingerprint density at radius 2 is 1.88 bits per heavy atom. The maximum Gasteiger partial charge on any atom is 0.355 e. The van der Waals surface area contributed by atoms with Crippen LogP contribution in [0.4, 0.5) is 0 Å². The summed E-state index contributed by atoms with van der Waals surface area (Å²) in [5, 5.41) is 0. The molecule has 0 saturated carbocycles. The molecule has 3 heteroatoms. The number of H-pyrrole nitrogens is 1. The Bertz CT molecular complexity index is 397. The maximum absolute atomic E-state index is 11.9. The molecule has 1 aromatic rings. The number of carbonyl (C=O) groups excluding carboxylic acids is 1. The zero-order chi connectivity index (χ0) is 12.5. The highest BCUT2D eigenvalue weighted by Crippen LogP contribution is 2.20. The van der Waals surface area contributed by atoms with E-state index in [9.17, 15) is 4.79 Å². The number of nitrogens with one attached hydrogen (secondary N) is 1. The minimum absolute atomic E-state index is 0.271. The standard InChI is InChI=1S/C13H21NO2/c1-7-10-8(2)11(14-9(10)3)12(15)16-13(4,5)6/h14H,7H2,1-6H3. The van der Waals surface area contributed by atoms with Crippen LogP contribution < -0.4 is 0 Å². The molecule has 0 fully saturated rings. The zero-order valence-electron chi connectivity index (χ0n) is 11.0. The average molecular weight is 223 g/mol. The topological polar surface area (TPSA) is 42.1 Å². The van der Waals surface area contributed by atoms with Crippen molar-refractivity contribution in [3.8, 4) is 0 Å². The molecule has 0 radical (unpaired) electrons. The van der Waals surface area contributed by atoms with E-state index < -0.39 is 5.60 Å². The molecule has 0 amide bonds. The zero-order valence-corrected chi connectivity index (χ0v) is 11.0. The molecule has 16 heavy (non-hydrogen) atoms. The van der Waals surface area contributed by atoms with Crippen molar-refractivity contribution in [2.75, 3.05) is 0 Å². The second kappa shape index (κ2) is 4.32. The van der Waals surface area contributed by atoms with Crippen molar-refractivity contribution in [2.45, 2.75) is 53.6 Å². The predicted octanol–water partition coefficient (Wildman–Crippen LogP) is 3.15. The second-order valence-electron chi connectivity index (χ2n) is 5.08. The van der Waals surface area contributed by atoms with Gasteiger partial charge in [-0.25, -0.2) is 4.79 Å². The molecular weight excluding hydrogens is 202 g/mol. The SMILES string of the molecule is CCc1c(C)[nH]c(C(=O)OC(C)(C)C)c1C. The van der Waals surface area contributed by atoms with Gasteiger partial charge in [0, 0.05) is 5.69 Å². The van der Waals surface area contributed by atoms with Gasteiger partial charge in [0.1, 0.15) is 11.3 Å². The molecule has 0 aliphatic carbocycles. The molecule has 0 spiro atoms. The summed E-state index contributed by atoms with van der Waals surface area (Å²) in [7, 11) is 0. The fraction of sp³-hybridized carbons (Fsp3) is 0.615. The maximum atomic E-state index is 11.9. The lowest BCUT2D eigenvalue weighted by Crippen LogP contribution is -2.24. The Balaban J connectivity index is 3.01. The van der Waals surface area contributed by atoms with Gasteiger partial charge in [-0.15, -0.1) is 0 Å². The summed E-state index contributed by atoms with van der Waals surface area (Å²) in [5.74, 6) is -0.271. The number of hydrogen-bond acceptors (Lipinski definition) is 2. The Kier molecular flexibility index (Phi) is 3.46. The van der Waals surface area contributed by atoms with Crippen LogP contribution >= 0.6 is 0 Å². The third-order valence-corrected chi connectivity index (χ3v) is 2.55. The van der Waals surface area contributed by atoms with Crippen molar-refractivity contribution in [3.63, 3.8) is 0 Å². The van der Waals surface area contributed by atoms with Gasteiger partial charge in [-0.1, -0.05) is 6.92 Å². The molecule has 90 valence electrons. The van der Waals surface area contributed by atoms with Gasteiger partial charge in [-0.2, -0.15) is 0 Å². The van der Waals surface area contributed by atoms with Crippen LogP contribution in [0.2, 0.25) is 0 Å². The molecule has 0 aromatic carbocycles. The third-order valence-electron chi connectivity index (χ3n) is 2.55. The Labute approximate surface area is 97.2 Å². The van der Waals surface area contributed by atoms with Crippen LogP contribution in [0, 0.1) is 13.8 Å². The summed E-state index contributed by atoms with van der Waals surface area (Å²) in [6.07, 6.45) is 0.928. The summed E-state index contributed by atoms with van der Waals surface area (Å²) in [5.41, 5.74) is 3.41. The summed E-state index contributed by atoms with van der Waals surface area (Å²) in [4.78, 5) is 15.0. The first-order valence-electron chi connectivity index (χ1n) is 5.67. The number of ether oxygens (including phenoxy) is 1. The molecule has 3 nitrogen and oxygen atoms in total. The van der Waals surface area contributed by atoms with Crippen LogP contribution in [0.5, 0.6) is 0 Å². The predicted molar refractivity (Wildman–Crippen MR) is 64.8 cm³/mol. The van der Waals surface area contributed by atoms with Gasteiger partial charge in [-0.05, 0) is 52.2 Å². The molecule has 0 aliphatic rings.